The van der Waals surface area contributed by atoms with Crippen LogP contribution in [0.5, 0.6) is 5.75 Å². The van der Waals surface area contributed by atoms with Crippen LogP contribution in [-0.4, -0.2) is 28.8 Å². The SMILES string of the molecule is COc1ccc(-n2c(C)ccc2/C=N/NC(=O)c2ccccn2)cc1. The molecule has 0 aliphatic heterocycles. The van der Waals surface area contributed by atoms with Crippen LogP contribution in [0.1, 0.15) is 21.9 Å². The first-order valence-electron chi connectivity index (χ1n) is 7.76. The van der Waals surface area contributed by atoms with E-state index in [0.29, 0.717) is 5.69 Å². The topological polar surface area (TPSA) is 68.5 Å². The Morgan fingerprint density at radius 2 is 1.96 bits per heavy atom. The molecule has 3 aromatic rings. The average Bonchev–Trinajstić information content (AvgIpc) is 3.03. The van der Waals surface area contributed by atoms with Gasteiger partial charge in [0.25, 0.3) is 5.91 Å². The Labute approximate surface area is 145 Å². The molecule has 0 atom stereocenters. The summed E-state index contributed by atoms with van der Waals surface area (Å²) in [5.41, 5.74) is 5.70. The van der Waals surface area contributed by atoms with E-state index >= 15 is 0 Å². The highest BCUT2D eigenvalue weighted by Crippen LogP contribution is 2.19. The zero-order valence-electron chi connectivity index (χ0n) is 14.0. The first kappa shape index (κ1) is 16.4. The third-order valence-corrected chi connectivity index (χ3v) is 3.70. The molecule has 1 aromatic carbocycles. The second kappa shape index (κ2) is 7.44. The highest BCUT2D eigenvalue weighted by Gasteiger charge is 2.07. The lowest BCUT2D eigenvalue weighted by atomic mass is 10.3. The number of methoxy groups -OCH3 is 1. The molecule has 2 heterocycles. The predicted molar refractivity (Wildman–Crippen MR) is 96.4 cm³/mol. The van der Waals surface area contributed by atoms with Crippen molar-refractivity contribution in [1.82, 2.24) is 15.0 Å². The Hall–Kier alpha value is -3.41. The molecule has 126 valence electrons. The van der Waals surface area contributed by atoms with Gasteiger partial charge in [-0.2, -0.15) is 5.10 Å². The number of hydrogen-bond donors (Lipinski definition) is 1. The van der Waals surface area contributed by atoms with Gasteiger partial charge >= 0.3 is 0 Å². The number of ether oxygens (including phenoxy) is 1. The minimum Gasteiger partial charge on any atom is -0.497 e. The molecular weight excluding hydrogens is 316 g/mol. The summed E-state index contributed by atoms with van der Waals surface area (Å²) in [5, 5.41) is 4.04. The summed E-state index contributed by atoms with van der Waals surface area (Å²) in [5.74, 6) is 0.447. The third kappa shape index (κ3) is 3.74. The average molecular weight is 334 g/mol. The molecule has 6 nitrogen and oxygen atoms in total. The van der Waals surface area contributed by atoms with Crippen LogP contribution in [-0.2, 0) is 0 Å². The van der Waals surface area contributed by atoms with Crippen molar-refractivity contribution in [1.29, 1.82) is 0 Å². The molecule has 0 bridgehead atoms. The number of rotatable bonds is 5. The van der Waals surface area contributed by atoms with Crippen LogP contribution < -0.4 is 10.2 Å². The molecule has 1 amide bonds. The lowest BCUT2D eigenvalue weighted by Gasteiger charge is -2.10. The van der Waals surface area contributed by atoms with Gasteiger partial charge in [-0.3, -0.25) is 9.78 Å². The Morgan fingerprint density at radius 1 is 1.16 bits per heavy atom. The monoisotopic (exact) mass is 334 g/mol. The number of aromatic nitrogens is 2. The van der Waals surface area contributed by atoms with Crippen molar-refractivity contribution >= 4 is 12.1 Å². The Balaban J connectivity index is 1.78. The summed E-state index contributed by atoms with van der Waals surface area (Å²) in [4.78, 5) is 15.9. The van der Waals surface area contributed by atoms with Crippen LogP contribution in [0, 0.1) is 6.92 Å². The van der Waals surface area contributed by atoms with E-state index in [9.17, 15) is 4.79 Å². The Kier molecular flexibility index (Phi) is 4.89. The number of hydrazone groups is 1. The largest absolute Gasteiger partial charge is 0.497 e. The van der Waals surface area contributed by atoms with Gasteiger partial charge in [-0.25, -0.2) is 5.43 Å². The van der Waals surface area contributed by atoms with Crippen molar-refractivity contribution in [3.63, 3.8) is 0 Å². The maximum Gasteiger partial charge on any atom is 0.289 e. The summed E-state index contributed by atoms with van der Waals surface area (Å²) >= 11 is 0. The molecule has 6 heteroatoms. The molecule has 0 radical (unpaired) electrons. The number of amides is 1. The van der Waals surface area contributed by atoms with Gasteiger partial charge in [-0.1, -0.05) is 6.07 Å². The number of nitrogens with zero attached hydrogens (tertiary/aromatic N) is 3. The van der Waals surface area contributed by atoms with Gasteiger partial charge in [0.05, 0.1) is 19.0 Å². The first-order valence-corrected chi connectivity index (χ1v) is 7.76. The maximum atomic E-state index is 12.0. The van der Waals surface area contributed by atoms with Crippen molar-refractivity contribution in [2.24, 2.45) is 5.10 Å². The number of pyridine rings is 1. The van der Waals surface area contributed by atoms with E-state index in [2.05, 4.69) is 15.5 Å². The van der Waals surface area contributed by atoms with Gasteiger partial charge in [-0.05, 0) is 55.5 Å². The molecule has 3 rings (SSSR count). The van der Waals surface area contributed by atoms with Crippen LogP contribution in [0.3, 0.4) is 0 Å². The van der Waals surface area contributed by atoms with E-state index in [1.807, 2.05) is 47.9 Å². The normalized spacial score (nSPS) is 10.8. The summed E-state index contributed by atoms with van der Waals surface area (Å²) < 4.78 is 7.23. The van der Waals surface area contributed by atoms with Gasteiger partial charge in [-0.15, -0.1) is 0 Å². The zero-order valence-corrected chi connectivity index (χ0v) is 14.0. The minimum absolute atomic E-state index is 0.321. The van der Waals surface area contributed by atoms with Crippen LogP contribution >= 0.6 is 0 Å². The number of hydrogen-bond acceptors (Lipinski definition) is 4. The number of benzene rings is 1. The highest BCUT2D eigenvalue weighted by atomic mass is 16.5. The second-order valence-electron chi connectivity index (χ2n) is 5.35. The van der Waals surface area contributed by atoms with E-state index in [4.69, 9.17) is 4.74 Å². The molecule has 0 spiro atoms. The molecule has 0 fully saturated rings. The molecule has 25 heavy (non-hydrogen) atoms. The van der Waals surface area contributed by atoms with Crippen molar-refractivity contribution in [3.05, 3.63) is 77.9 Å². The van der Waals surface area contributed by atoms with Crippen molar-refractivity contribution < 1.29 is 9.53 Å². The molecular formula is C19H18N4O2. The van der Waals surface area contributed by atoms with E-state index in [0.717, 1.165) is 22.8 Å². The van der Waals surface area contributed by atoms with Crippen LogP contribution in [0.25, 0.3) is 5.69 Å². The predicted octanol–water partition coefficient (Wildman–Crippen LogP) is 2.95. The number of aryl methyl sites for hydroxylation is 1. The molecule has 0 unspecified atom stereocenters. The molecule has 1 N–H and O–H groups in total. The van der Waals surface area contributed by atoms with Gasteiger partial charge in [0.15, 0.2) is 0 Å². The fourth-order valence-electron chi connectivity index (χ4n) is 2.45. The Morgan fingerprint density at radius 3 is 2.64 bits per heavy atom. The quantitative estimate of drug-likeness (QED) is 0.576. The number of carbonyl (C=O) groups is 1. The molecule has 2 aromatic heterocycles. The van der Waals surface area contributed by atoms with E-state index < -0.39 is 0 Å². The summed E-state index contributed by atoms with van der Waals surface area (Å²) in [7, 11) is 1.64. The highest BCUT2D eigenvalue weighted by molar-refractivity contribution is 5.92. The summed E-state index contributed by atoms with van der Waals surface area (Å²) in [6.07, 6.45) is 3.18. The molecule has 0 saturated carbocycles. The van der Waals surface area contributed by atoms with E-state index in [1.54, 1.807) is 37.7 Å². The first-order chi connectivity index (χ1) is 12.2. The van der Waals surface area contributed by atoms with E-state index in [1.165, 1.54) is 0 Å². The minimum atomic E-state index is -0.351. The third-order valence-electron chi connectivity index (χ3n) is 3.70. The van der Waals surface area contributed by atoms with Gasteiger partial charge in [0.2, 0.25) is 0 Å². The lowest BCUT2D eigenvalue weighted by Crippen LogP contribution is -2.19. The van der Waals surface area contributed by atoms with Gasteiger partial charge in [0, 0.05) is 17.6 Å². The van der Waals surface area contributed by atoms with Crippen molar-refractivity contribution in [2.75, 3.05) is 7.11 Å². The van der Waals surface area contributed by atoms with Crippen LogP contribution in [0.2, 0.25) is 0 Å². The standard InChI is InChI=1S/C19H18N4O2/c1-14-6-7-16(23(14)15-8-10-17(25-2)11-9-15)13-21-22-19(24)18-5-3-4-12-20-18/h3-13H,1-2H3,(H,22,24)/b21-13+. The molecule has 0 aliphatic rings. The number of nitrogens with one attached hydrogen (secondary N) is 1. The van der Waals surface area contributed by atoms with Gasteiger partial charge in [0.1, 0.15) is 11.4 Å². The van der Waals surface area contributed by atoms with E-state index in [-0.39, 0.29) is 5.91 Å². The fourth-order valence-corrected chi connectivity index (χ4v) is 2.45. The van der Waals surface area contributed by atoms with Crippen molar-refractivity contribution in [2.45, 2.75) is 6.92 Å². The number of carbonyl (C=O) groups excluding carboxylic acids is 1. The lowest BCUT2D eigenvalue weighted by molar-refractivity contribution is 0.0950. The summed E-state index contributed by atoms with van der Waals surface area (Å²) in [6, 6.07) is 16.8. The molecule has 0 aliphatic carbocycles. The second-order valence-corrected chi connectivity index (χ2v) is 5.35. The van der Waals surface area contributed by atoms with Crippen molar-refractivity contribution in [3.8, 4) is 11.4 Å². The Bertz CT molecular complexity index is 884. The zero-order chi connectivity index (χ0) is 17.6. The van der Waals surface area contributed by atoms with Gasteiger partial charge < -0.3 is 9.30 Å². The maximum absolute atomic E-state index is 12.0. The van der Waals surface area contributed by atoms with Crippen LogP contribution in [0.15, 0.2) is 65.9 Å². The fraction of sp³-hybridized carbons (Fsp3) is 0.105. The van der Waals surface area contributed by atoms with Crippen LogP contribution in [0.4, 0.5) is 0 Å². The smallest absolute Gasteiger partial charge is 0.289 e. The summed E-state index contributed by atoms with van der Waals surface area (Å²) in [6.45, 7) is 2.01. The molecule has 0 saturated heterocycles.